The second-order valence-corrected chi connectivity index (χ2v) is 8.60. The van der Waals surface area contributed by atoms with E-state index in [2.05, 4.69) is 10.1 Å². The molecule has 0 fully saturated rings. The van der Waals surface area contributed by atoms with Crippen molar-refractivity contribution in [1.82, 2.24) is 14.8 Å². The molecule has 5 rings (SSSR count). The van der Waals surface area contributed by atoms with E-state index in [9.17, 15) is 9.18 Å². The van der Waals surface area contributed by atoms with Gasteiger partial charge in [0.2, 0.25) is 0 Å². The molecule has 7 nitrogen and oxygen atoms in total. The van der Waals surface area contributed by atoms with Crippen LogP contribution in [0.1, 0.15) is 18.2 Å². The van der Waals surface area contributed by atoms with E-state index < -0.39 is 6.67 Å². The first-order chi connectivity index (χ1) is 18.1. The second-order valence-electron chi connectivity index (χ2n) is 8.60. The molecule has 0 bridgehead atoms. The number of halogens is 1. The average Bonchev–Trinajstić information content (AvgIpc) is 3.25. The number of pyridine rings is 1. The fourth-order valence-corrected chi connectivity index (χ4v) is 4.46. The van der Waals surface area contributed by atoms with Crippen molar-refractivity contribution in [3.63, 3.8) is 0 Å². The molecule has 2 heterocycles. The van der Waals surface area contributed by atoms with Crippen LogP contribution in [0.15, 0.2) is 72.9 Å². The fraction of sp³-hybridized carbons (Fsp3) is 0.207. The van der Waals surface area contributed by atoms with Gasteiger partial charge in [0.25, 0.3) is 0 Å². The van der Waals surface area contributed by atoms with Crippen molar-refractivity contribution in [3.05, 3.63) is 84.2 Å². The van der Waals surface area contributed by atoms with Gasteiger partial charge in [-0.05, 0) is 53.8 Å². The van der Waals surface area contributed by atoms with E-state index in [-0.39, 0.29) is 25.5 Å². The maximum Gasteiger partial charge on any atom is 0.310 e. The van der Waals surface area contributed by atoms with Crippen molar-refractivity contribution in [1.29, 1.82) is 0 Å². The minimum atomic E-state index is -0.530. The molecule has 0 spiro atoms. The molecule has 188 valence electrons. The van der Waals surface area contributed by atoms with Gasteiger partial charge in [-0.25, -0.2) is 9.37 Å². The van der Waals surface area contributed by atoms with Crippen LogP contribution in [0.4, 0.5) is 10.2 Å². The molecular weight excluding hydrogens is 471 g/mol. The van der Waals surface area contributed by atoms with E-state index in [1.807, 2.05) is 66.7 Å². The van der Waals surface area contributed by atoms with Crippen LogP contribution in [0.25, 0.3) is 32.8 Å². The van der Waals surface area contributed by atoms with Crippen LogP contribution in [0, 0.1) is 0 Å². The summed E-state index contributed by atoms with van der Waals surface area (Å²) in [4.78, 5) is 16.2. The molecule has 0 aliphatic heterocycles. The zero-order valence-corrected chi connectivity index (χ0v) is 20.5. The molecule has 8 heteroatoms. The average molecular weight is 499 g/mol. The standard InChI is InChI=1S/C29H27FN4O3/c1-2-36-28(35)17-22-5-3-4-6-27(22)37-18-25-24-16-21(9-10-26(24)34(33-25)14-12-30)20-8-7-19-11-13-32-29(31)23(19)15-20/h3-11,13,15-16H,2,12,14,17-18H2,1H3,(H2,31,32). The molecular formula is C29H27FN4O3. The summed E-state index contributed by atoms with van der Waals surface area (Å²) in [6, 6.07) is 21.3. The number of carbonyl (C=O) groups is 1. The highest BCUT2D eigenvalue weighted by Crippen LogP contribution is 2.31. The highest BCUT2D eigenvalue weighted by Gasteiger charge is 2.15. The molecule has 5 aromatic rings. The lowest BCUT2D eigenvalue weighted by molar-refractivity contribution is -0.142. The van der Waals surface area contributed by atoms with Gasteiger partial charge >= 0.3 is 5.97 Å². The summed E-state index contributed by atoms with van der Waals surface area (Å²) in [5.74, 6) is 0.747. The van der Waals surface area contributed by atoms with Crippen LogP contribution >= 0.6 is 0 Å². The SMILES string of the molecule is CCOC(=O)Cc1ccccc1OCc1nn(CCF)c2ccc(-c3ccc4ccnc(N)c4c3)cc12. The predicted molar refractivity (Wildman–Crippen MR) is 142 cm³/mol. The van der Waals surface area contributed by atoms with Crippen LogP contribution in [0.5, 0.6) is 5.75 Å². The third kappa shape index (κ3) is 5.09. The number of esters is 1. The molecule has 3 aromatic carbocycles. The van der Waals surface area contributed by atoms with Gasteiger partial charge in [-0.3, -0.25) is 9.48 Å². The van der Waals surface area contributed by atoms with E-state index in [0.717, 1.165) is 38.4 Å². The Labute approximate surface area is 213 Å². The molecule has 0 saturated carbocycles. The van der Waals surface area contributed by atoms with Gasteiger partial charge in [-0.1, -0.05) is 36.4 Å². The van der Waals surface area contributed by atoms with Crippen molar-refractivity contribution >= 4 is 33.5 Å². The summed E-state index contributed by atoms with van der Waals surface area (Å²) in [6.07, 6.45) is 1.81. The van der Waals surface area contributed by atoms with Crippen LogP contribution in [-0.2, 0) is 29.1 Å². The molecule has 0 saturated heterocycles. The Morgan fingerprint density at radius 3 is 2.62 bits per heavy atom. The van der Waals surface area contributed by atoms with Gasteiger partial charge in [-0.15, -0.1) is 0 Å². The summed E-state index contributed by atoms with van der Waals surface area (Å²) in [5, 5.41) is 7.41. The Bertz CT molecular complexity index is 1580. The number of nitrogen functional groups attached to an aromatic ring is 1. The van der Waals surface area contributed by atoms with Gasteiger partial charge in [0.15, 0.2) is 0 Å². The molecule has 0 amide bonds. The number of nitrogens with zero attached hydrogens (tertiary/aromatic N) is 3. The Morgan fingerprint density at radius 2 is 1.81 bits per heavy atom. The van der Waals surface area contributed by atoms with Gasteiger partial charge in [0, 0.05) is 22.5 Å². The minimum absolute atomic E-state index is 0.116. The number of para-hydroxylation sites is 1. The molecule has 2 aromatic heterocycles. The fourth-order valence-electron chi connectivity index (χ4n) is 4.46. The Hall–Kier alpha value is -4.46. The van der Waals surface area contributed by atoms with Gasteiger partial charge in [0.1, 0.15) is 30.5 Å². The quantitative estimate of drug-likeness (QED) is 0.270. The normalized spacial score (nSPS) is 11.2. The molecule has 0 aliphatic rings. The topological polar surface area (TPSA) is 92.3 Å². The summed E-state index contributed by atoms with van der Waals surface area (Å²) in [6.45, 7) is 1.87. The zero-order valence-electron chi connectivity index (χ0n) is 20.5. The van der Waals surface area contributed by atoms with Gasteiger partial charge in [0.05, 0.1) is 25.1 Å². The second kappa shape index (κ2) is 10.7. The van der Waals surface area contributed by atoms with Gasteiger partial charge < -0.3 is 15.2 Å². The number of carbonyl (C=O) groups excluding carboxylic acids is 1. The first-order valence-electron chi connectivity index (χ1n) is 12.1. The lowest BCUT2D eigenvalue weighted by atomic mass is 10.00. The molecule has 0 unspecified atom stereocenters. The minimum Gasteiger partial charge on any atom is -0.487 e. The number of nitrogens with two attached hydrogens (primary N) is 1. The van der Waals surface area contributed by atoms with Crippen LogP contribution in [0.3, 0.4) is 0 Å². The third-order valence-corrected chi connectivity index (χ3v) is 6.23. The predicted octanol–water partition coefficient (Wildman–Crippen LogP) is 5.49. The number of benzene rings is 3. The number of aryl methyl sites for hydroxylation is 1. The van der Waals surface area contributed by atoms with E-state index in [4.69, 9.17) is 15.2 Å². The lowest BCUT2D eigenvalue weighted by Crippen LogP contribution is -2.09. The smallest absolute Gasteiger partial charge is 0.310 e. The van der Waals surface area contributed by atoms with Gasteiger partial charge in [-0.2, -0.15) is 5.10 Å². The maximum atomic E-state index is 13.3. The largest absolute Gasteiger partial charge is 0.487 e. The van der Waals surface area contributed by atoms with Crippen molar-refractivity contribution in [2.75, 3.05) is 19.0 Å². The number of hydrogen-bond acceptors (Lipinski definition) is 6. The highest BCUT2D eigenvalue weighted by atomic mass is 19.1. The van der Waals surface area contributed by atoms with Crippen molar-refractivity contribution in [3.8, 4) is 16.9 Å². The number of rotatable bonds is 9. The number of ether oxygens (including phenoxy) is 2. The first-order valence-corrected chi connectivity index (χ1v) is 12.1. The summed E-state index contributed by atoms with van der Waals surface area (Å²) in [7, 11) is 0. The number of anilines is 1. The number of alkyl halides is 1. The molecule has 37 heavy (non-hydrogen) atoms. The Kier molecular flexibility index (Phi) is 6.98. The summed E-state index contributed by atoms with van der Waals surface area (Å²) < 4.78 is 26.1. The molecule has 0 atom stereocenters. The number of aromatic nitrogens is 3. The van der Waals surface area contributed by atoms with Crippen molar-refractivity contribution in [2.24, 2.45) is 0 Å². The lowest BCUT2D eigenvalue weighted by Gasteiger charge is -2.10. The van der Waals surface area contributed by atoms with E-state index in [0.29, 0.717) is 23.9 Å². The highest BCUT2D eigenvalue weighted by molar-refractivity contribution is 5.95. The molecule has 2 N–H and O–H groups in total. The van der Waals surface area contributed by atoms with E-state index in [1.165, 1.54) is 0 Å². The van der Waals surface area contributed by atoms with Crippen LogP contribution in [-0.4, -0.2) is 34.0 Å². The number of fused-ring (bicyclic) bond motifs is 2. The monoisotopic (exact) mass is 498 g/mol. The van der Waals surface area contributed by atoms with Crippen molar-refractivity contribution in [2.45, 2.75) is 26.5 Å². The third-order valence-electron chi connectivity index (χ3n) is 6.23. The maximum absolute atomic E-state index is 13.3. The van der Waals surface area contributed by atoms with Crippen molar-refractivity contribution < 1.29 is 18.7 Å². The van der Waals surface area contributed by atoms with E-state index in [1.54, 1.807) is 17.8 Å². The zero-order chi connectivity index (χ0) is 25.8. The Balaban J connectivity index is 1.49. The van der Waals surface area contributed by atoms with E-state index >= 15 is 0 Å². The molecule has 0 aliphatic carbocycles. The number of hydrogen-bond donors (Lipinski definition) is 1. The molecule has 0 radical (unpaired) electrons. The Morgan fingerprint density at radius 1 is 1.03 bits per heavy atom. The summed E-state index contributed by atoms with van der Waals surface area (Å²) >= 11 is 0. The summed E-state index contributed by atoms with van der Waals surface area (Å²) in [5.41, 5.74) is 10.3. The first kappa shape index (κ1) is 24.2. The van der Waals surface area contributed by atoms with Crippen LogP contribution in [0.2, 0.25) is 0 Å². The van der Waals surface area contributed by atoms with Crippen LogP contribution < -0.4 is 10.5 Å².